The van der Waals surface area contributed by atoms with Crippen molar-refractivity contribution in [2.75, 3.05) is 6.54 Å². The third kappa shape index (κ3) is 5.45. The van der Waals surface area contributed by atoms with Gasteiger partial charge in [-0.1, -0.05) is 5.92 Å². The molecule has 58 valence electrons. The Morgan fingerprint density at radius 3 is 2.40 bits per heavy atom. The average Bonchev–Trinajstić information content (AvgIpc) is 1.81. The fourth-order valence-corrected chi connectivity index (χ4v) is 0.328. The van der Waals surface area contributed by atoms with Crippen molar-refractivity contribution < 1.29 is 13.2 Å². The third-order valence-electron chi connectivity index (χ3n) is 0.859. The highest BCUT2D eigenvalue weighted by Gasteiger charge is 2.26. The number of alkyl halides is 3. The van der Waals surface area contributed by atoms with E-state index in [1.54, 1.807) is 0 Å². The highest BCUT2D eigenvalue weighted by Crippen LogP contribution is 2.12. The lowest BCUT2D eigenvalue weighted by Gasteiger charge is -2.09. The van der Waals surface area contributed by atoms with Gasteiger partial charge in [0.1, 0.15) is 0 Å². The summed E-state index contributed by atoms with van der Waals surface area (Å²) >= 11 is 0. The Balaban J connectivity index is 3.48. The molecule has 0 fully saturated rings. The lowest BCUT2D eigenvalue weighted by molar-refractivity contribution is -0.125. The largest absolute Gasteiger partial charge is 0.401 e. The van der Waals surface area contributed by atoms with Gasteiger partial charge in [-0.2, -0.15) is 13.2 Å². The van der Waals surface area contributed by atoms with E-state index < -0.39 is 18.8 Å². The first-order chi connectivity index (χ1) is 4.45. The quantitative estimate of drug-likeness (QED) is 0.584. The molecule has 1 N–H and O–H groups in total. The molecule has 0 aliphatic rings. The summed E-state index contributed by atoms with van der Waals surface area (Å²) in [4.78, 5) is 0. The van der Waals surface area contributed by atoms with Gasteiger partial charge in [-0.15, -0.1) is 6.42 Å². The maximum absolute atomic E-state index is 11.4. The Bertz CT molecular complexity index is 133. The van der Waals surface area contributed by atoms with Crippen LogP contribution in [0.5, 0.6) is 0 Å². The minimum atomic E-state index is -4.18. The summed E-state index contributed by atoms with van der Waals surface area (Å²) < 4.78 is 34.3. The van der Waals surface area contributed by atoms with Gasteiger partial charge < -0.3 is 0 Å². The molecule has 4 heteroatoms. The Hall–Kier alpha value is -0.690. The van der Waals surface area contributed by atoms with E-state index in [4.69, 9.17) is 6.42 Å². The van der Waals surface area contributed by atoms with Gasteiger partial charge in [0.05, 0.1) is 12.6 Å². The number of nitrogens with one attached hydrogen (secondary N) is 1. The zero-order valence-corrected chi connectivity index (χ0v) is 5.50. The number of rotatable bonds is 2. The summed E-state index contributed by atoms with van der Waals surface area (Å²) in [7, 11) is 0. The highest BCUT2D eigenvalue weighted by atomic mass is 19.4. The molecule has 0 aliphatic heterocycles. The van der Waals surface area contributed by atoms with E-state index in [1.807, 2.05) is 0 Å². The topological polar surface area (TPSA) is 12.0 Å². The summed E-state index contributed by atoms with van der Waals surface area (Å²) in [5.74, 6) is 2.13. The second kappa shape index (κ2) is 3.47. The van der Waals surface area contributed by atoms with Crippen molar-refractivity contribution in [1.82, 2.24) is 5.32 Å². The molecule has 0 rings (SSSR count). The van der Waals surface area contributed by atoms with Crippen LogP contribution in [0.15, 0.2) is 0 Å². The van der Waals surface area contributed by atoms with Crippen molar-refractivity contribution in [3.8, 4) is 12.3 Å². The second-order valence-corrected chi connectivity index (χ2v) is 1.88. The van der Waals surface area contributed by atoms with Gasteiger partial charge in [0.25, 0.3) is 0 Å². The molecule has 0 amide bonds. The van der Waals surface area contributed by atoms with Crippen LogP contribution in [0.1, 0.15) is 6.92 Å². The zero-order chi connectivity index (χ0) is 8.20. The lowest BCUT2D eigenvalue weighted by atomic mass is 10.3. The van der Waals surface area contributed by atoms with Crippen LogP contribution in [0, 0.1) is 12.3 Å². The monoisotopic (exact) mass is 151 g/mol. The van der Waals surface area contributed by atoms with Crippen LogP contribution in [0.3, 0.4) is 0 Å². The molecule has 0 radical (unpaired) electrons. The van der Waals surface area contributed by atoms with Gasteiger partial charge in [-0.25, -0.2) is 0 Å². The van der Waals surface area contributed by atoms with Gasteiger partial charge in [0.15, 0.2) is 0 Å². The van der Waals surface area contributed by atoms with Gasteiger partial charge in [0, 0.05) is 0 Å². The molecular weight excluding hydrogens is 143 g/mol. The van der Waals surface area contributed by atoms with E-state index in [9.17, 15) is 13.2 Å². The molecule has 0 aliphatic carbocycles. The number of terminal acetylenes is 1. The van der Waals surface area contributed by atoms with Crippen LogP contribution in [0.4, 0.5) is 13.2 Å². The van der Waals surface area contributed by atoms with Crippen LogP contribution >= 0.6 is 0 Å². The fourth-order valence-electron chi connectivity index (χ4n) is 0.328. The number of hydrogen-bond acceptors (Lipinski definition) is 1. The minimum Gasteiger partial charge on any atom is -0.296 e. The van der Waals surface area contributed by atoms with Crippen molar-refractivity contribution in [2.45, 2.75) is 19.1 Å². The van der Waals surface area contributed by atoms with E-state index in [0.717, 1.165) is 0 Å². The maximum atomic E-state index is 11.4. The van der Waals surface area contributed by atoms with Crippen LogP contribution in [0.25, 0.3) is 0 Å². The maximum Gasteiger partial charge on any atom is 0.401 e. The van der Waals surface area contributed by atoms with Crippen LogP contribution in [0.2, 0.25) is 0 Å². The number of halogens is 3. The summed E-state index contributed by atoms with van der Waals surface area (Å²) in [6.45, 7) is 0.462. The first-order valence-electron chi connectivity index (χ1n) is 2.72. The minimum absolute atomic E-state index is 0.526. The molecule has 1 nitrogen and oxygen atoms in total. The standard InChI is InChI=1S/C6H8F3N/c1-3-5(2)10-4-6(7,8)9/h1,5,10H,4H2,2H3. The van der Waals surface area contributed by atoms with Gasteiger partial charge in [-0.05, 0) is 6.92 Å². The molecule has 0 bridgehead atoms. The summed E-state index contributed by atoms with van der Waals surface area (Å²) in [6, 6.07) is -0.526. The van der Waals surface area contributed by atoms with Crippen molar-refractivity contribution in [3.05, 3.63) is 0 Å². The number of hydrogen-bond donors (Lipinski definition) is 1. The third-order valence-corrected chi connectivity index (χ3v) is 0.859. The average molecular weight is 151 g/mol. The predicted molar refractivity (Wildman–Crippen MR) is 32.4 cm³/mol. The Morgan fingerprint density at radius 1 is 1.60 bits per heavy atom. The van der Waals surface area contributed by atoms with Crippen molar-refractivity contribution in [3.63, 3.8) is 0 Å². The first kappa shape index (κ1) is 9.31. The summed E-state index contributed by atoms with van der Waals surface area (Å²) in [5.41, 5.74) is 0. The Morgan fingerprint density at radius 2 is 2.10 bits per heavy atom. The Kier molecular flexibility index (Phi) is 3.23. The smallest absolute Gasteiger partial charge is 0.296 e. The van der Waals surface area contributed by atoms with Crippen molar-refractivity contribution in [1.29, 1.82) is 0 Å². The second-order valence-electron chi connectivity index (χ2n) is 1.88. The molecule has 0 heterocycles. The zero-order valence-electron chi connectivity index (χ0n) is 5.50. The summed E-state index contributed by atoms with van der Waals surface area (Å²) in [6.07, 6.45) is 0.646. The molecule has 0 aromatic carbocycles. The van der Waals surface area contributed by atoms with Crippen LogP contribution < -0.4 is 5.32 Å². The fraction of sp³-hybridized carbons (Fsp3) is 0.667. The van der Waals surface area contributed by atoms with E-state index in [-0.39, 0.29) is 0 Å². The van der Waals surface area contributed by atoms with Crippen molar-refractivity contribution in [2.24, 2.45) is 0 Å². The predicted octanol–water partition coefficient (Wildman–Crippen LogP) is 1.16. The van der Waals surface area contributed by atoms with Crippen molar-refractivity contribution >= 4 is 0 Å². The van der Waals surface area contributed by atoms with Gasteiger partial charge in [-0.3, -0.25) is 5.32 Å². The van der Waals surface area contributed by atoms with E-state index in [1.165, 1.54) is 6.92 Å². The molecule has 0 saturated carbocycles. The molecule has 0 aromatic heterocycles. The molecule has 1 atom stereocenters. The van der Waals surface area contributed by atoms with E-state index >= 15 is 0 Å². The lowest BCUT2D eigenvalue weighted by Crippen LogP contribution is -2.34. The van der Waals surface area contributed by atoms with E-state index in [0.29, 0.717) is 0 Å². The summed E-state index contributed by atoms with van der Waals surface area (Å²) in [5, 5.41) is 2.11. The Labute approximate surface area is 57.6 Å². The van der Waals surface area contributed by atoms with Crippen LogP contribution in [-0.2, 0) is 0 Å². The van der Waals surface area contributed by atoms with Gasteiger partial charge >= 0.3 is 6.18 Å². The molecule has 0 aromatic rings. The normalized spacial score (nSPS) is 14.3. The molecule has 1 unspecified atom stereocenters. The molecule has 10 heavy (non-hydrogen) atoms. The van der Waals surface area contributed by atoms with Gasteiger partial charge in [0.2, 0.25) is 0 Å². The first-order valence-corrected chi connectivity index (χ1v) is 2.72. The highest BCUT2D eigenvalue weighted by molar-refractivity contribution is 4.95. The molecular formula is C6H8F3N. The van der Waals surface area contributed by atoms with Crippen LogP contribution in [-0.4, -0.2) is 18.8 Å². The SMILES string of the molecule is C#CC(C)NCC(F)(F)F. The molecule has 0 spiro atoms. The van der Waals surface area contributed by atoms with E-state index in [2.05, 4.69) is 11.2 Å². The molecule has 0 saturated heterocycles.